The first kappa shape index (κ1) is 17.6. The van der Waals surface area contributed by atoms with Crippen molar-refractivity contribution in [2.75, 3.05) is 21.1 Å². The number of carbonyl (C=O) groups excluding carboxylic acids is 1. The number of hydrogen-bond donors (Lipinski definition) is 0. The third-order valence-electron chi connectivity index (χ3n) is 6.96. The maximum Gasteiger partial charge on any atom is 0.227 e. The van der Waals surface area contributed by atoms with Gasteiger partial charge in [0.15, 0.2) is 0 Å². The summed E-state index contributed by atoms with van der Waals surface area (Å²) < 4.78 is 2.12. The van der Waals surface area contributed by atoms with Gasteiger partial charge < -0.3 is 14.4 Å². The Hall–Kier alpha value is -1.81. The lowest BCUT2D eigenvalue weighted by Crippen LogP contribution is -2.37. The van der Waals surface area contributed by atoms with E-state index in [-0.39, 0.29) is 5.91 Å². The second-order valence-electron chi connectivity index (χ2n) is 8.70. The van der Waals surface area contributed by atoms with Crippen molar-refractivity contribution >= 4 is 16.8 Å². The molecule has 0 spiro atoms. The van der Waals surface area contributed by atoms with Crippen LogP contribution >= 0.6 is 0 Å². The minimum absolute atomic E-state index is 0.260. The van der Waals surface area contributed by atoms with Gasteiger partial charge in [0.05, 0.1) is 6.42 Å². The van der Waals surface area contributed by atoms with E-state index in [2.05, 4.69) is 61.1 Å². The molecule has 140 valence electrons. The molecule has 1 amide bonds. The maximum atomic E-state index is 13.0. The van der Waals surface area contributed by atoms with Gasteiger partial charge in [0, 0.05) is 43.3 Å². The van der Waals surface area contributed by atoms with Crippen molar-refractivity contribution in [3.8, 4) is 0 Å². The van der Waals surface area contributed by atoms with E-state index in [9.17, 15) is 4.79 Å². The summed E-state index contributed by atoms with van der Waals surface area (Å²) in [6.45, 7) is 0. The van der Waals surface area contributed by atoms with E-state index in [1.165, 1.54) is 36.6 Å². The van der Waals surface area contributed by atoms with Crippen LogP contribution in [0.5, 0.6) is 0 Å². The van der Waals surface area contributed by atoms with Gasteiger partial charge in [-0.1, -0.05) is 18.2 Å². The van der Waals surface area contributed by atoms with Crippen LogP contribution in [0, 0.1) is 11.8 Å². The third kappa shape index (κ3) is 3.05. The molecule has 2 saturated carbocycles. The lowest BCUT2D eigenvalue weighted by atomic mass is 10.0. The van der Waals surface area contributed by atoms with Crippen LogP contribution in [0.3, 0.4) is 0 Å². The first-order valence-corrected chi connectivity index (χ1v) is 9.89. The molecule has 2 aliphatic rings. The minimum Gasteiger partial charge on any atom is -0.350 e. The number of carbonyl (C=O) groups is 1. The van der Waals surface area contributed by atoms with Crippen molar-refractivity contribution in [1.82, 2.24) is 14.4 Å². The molecule has 0 radical (unpaired) electrons. The van der Waals surface area contributed by atoms with E-state index < -0.39 is 0 Å². The fourth-order valence-electron chi connectivity index (χ4n) is 5.35. The fraction of sp³-hybridized carbons (Fsp3) is 0.591. The Morgan fingerprint density at radius 1 is 1.04 bits per heavy atom. The number of hydrogen-bond acceptors (Lipinski definition) is 2. The lowest BCUT2D eigenvalue weighted by Gasteiger charge is -2.27. The van der Waals surface area contributed by atoms with Crippen molar-refractivity contribution in [3.63, 3.8) is 0 Å². The standard InChI is InChI=1S/C22H31N3O/c1-23(2)18-9-15-11-19(12-16(15)10-18)25(4)22(26)13-17-14-24(3)21-8-6-5-7-20(17)21/h5-8,14-16,18-19H,9-13H2,1-4H3/t15-,16+,18?,19?. The molecule has 2 aromatic rings. The van der Waals surface area contributed by atoms with Gasteiger partial charge in [-0.3, -0.25) is 4.79 Å². The zero-order valence-corrected chi connectivity index (χ0v) is 16.5. The second kappa shape index (κ2) is 6.73. The second-order valence-corrected chi connectivity index (χ2v) is 8.70. The van der Waals surface area contributed by atoms with E-state index in [0.29, 0.717) is 12.5 Å². The molecule has 0 N–H and O–H groups in total. The molecule has 4 rings (SSSR count). The van der Waals surface area contributed by atoms with Crippen molar-refractivity contribution in [1.29, 1.82) is 0 Å². The molecule has 26 heavy (non-hydrogen) atoms. The highest BCUT2D eigenvalue weighted by atomic mass is 16.2. The smallest absolute Gasteiger partial charge is 0.227 e. The van der Waals surface area contributed by atoms with Gasteiger partial charge in [-0.15, -0.1) is 0 Å². The van der Waals surface area contributed by atoms with Gasteiger partial charge in [0.1, 0.15) is 0 Å². The van der Waals surface area contributed by atoms with Crippen LogP contribution in [0.25, 0.3) is 10.9 Å². The van der Waals surface area contributed by atoms with Crippen LogP contribution in [0.15, 0.2) is 30.5 Å². The summed E-state index contributed by atoms with van der Waals surface area (Å²) in [4.78, 5) is 17.4. The van der Waals surface area contributed by atoms with Crippen LogP contribution in [-0.2, 0) is 18.3 Å². The van der Waals surface area contributed by atoms with Gasteiger partial charge in [0.25, 0.3) is 0 Å². The normalized spacial score (nSPS) is 28.0. The van der Waals surface area contributed by atoms with Crippen LogP contribution in [0.4, 0.5) is 0 Å². The summed E-state index contributed by atoms with van der Waals surface area (Å²) in [5, 5.41) is 1.20. The molecular formula is C22H31N3O. The van der Waals surface area contributed by atoms with Crippen molar-refractivity contribution < 1.29 is 4.79 Å². The largest absolute Gasteiger partial charge is 0.350 e. The molecule has 1 aromatic carbocycles. The Morgan fingerprint density at radius 2 is 1.65 bits per heavy atom. The molecule has 4 heteroatoms. The first-order valence-electron chi connectivity index (χ1n) is 9.89. The van der Waals surface area contributed by atoms with Crippen molar-refractivity contribution in [2.24, 2.45) is 18.9 Å². The average molecular weight is 354 g/mol. The Labute approximate surface area is 156 Å². The van der Waals surface area contributed by atoms with Crippen LogP contribution < -0.4 is 0 Å². The summed E-state index contributed by atoms with van der Waals surface area (Å²) in [5.74, 6) is 1.87. The third-order valence-corrected chi connectivity index (χ3v) is 6.96. The number of amides is 1. The number of aromatic nitrogens is 1. The SMILES string of the molecule is CN(C)C1C[C@@H]2CC(N(C)C(=O)Cc3cn(C)c4ccccc34)C[C@@H]2C1. The summed E-state index contributed by atoms with van der Waals surface area (Å²) >= 11 is 0. The molecule has 4 nitrogen and oxygen atoms in total. The summed E-state index contributed by atoms with van der Waals surface area (Å²) in [6, 6.07) is 9.52. The maximum absolute atomic E-state index is 13.0. The topological polar surface area (TPSA) is 28.5 Å². The van der Waals surface area contributed by atoms with E-state index in [0.717, 1.165) is 23.4 Å². The zero-order valence-electron chi connectivity index (χ0n) is 16.5. The minimum atomic E-state index is 0.260. The number of fused-ring (bicyclic) bond motifs is 2. The highest BCUT2D eigenvalue weighted by Gasteiger charge is 2.44. The molecule has 2 fully saturated rings. The highest BCUT2D eigenvalue weighted by Crippen LogP contribution is 2.46. The van der Waals surface area contributed by atoms with Gasteiger partial charge >= 0.3 is 0 Å². The molecule has 0 aliphatic heterocycles. The molecule has 2 aliphatic carbocycles. The molecule has 1 aromatic heterocycles. The number of nitrogens with zero attached hydrogens (tertiary/aromatic N) is 3. The molecule has 2 unspecified atom stereocenters. The highest BCUT2D eigenvalue weighted by molar-refractivity contribution is 5.89. The van der Waals surface area contributed by atoms with E-state index >= 15 is 0 Å². The van der Waals surface area contributed by atoms with Gasteiger partial charge in [-0.05, 0) is 63.2 Å². The van der Waals surface area contributed by atoms with Crippen molar-refractivity contribution in [3.05, 3.63) is 36.0 Å². The van der Waals surface area contributed by atoms with E-state index in [4.69, 9.17) is 0 Å². The number of para-hydroxylation sites is 1. The lowest BCUT2D eigenvalue weighted by molar-refractivity contribution is -0.131. The van der Waals surface area contributed by atoms with E-state index in [1.54, 1.807) is 0 Å². The Morgan fingerprint density at radius 3 is 2.31 bits per heavy atom. The first-order chi connectivity index (χ1) is 12.4. The predicted octanol–water partition coefficient (Wildman–Crippen LogP) is 3.30. The molecule has 0 saturated heterocycles. The predicted molar refractivity (Wildman–Crippen MR) is 106 cm³/mol. The number of aryl methyl sites for hydroxylation is 1. The average Bonchev–Trinajstić information content (AvgIpc) is 3.27. The quantitative estimate of drug-likeness (QED) is 0.844. The van der Waals surface area contributed by atoms with Crippen LogP contribution in [0.2, 0.25) is 0 Å². The molecular weight excluding hydrogens is 322 g/mol. The zero-order chi connectivity index (χ0) is 18.4. The number of rotatable bonds is 4. The summed E-state index contributed by atoms with van der Waals surface area (Å²) in [6.07, 6.45) is 7.60. The Bertz CT molecular complexity index is 795. The van der Waals surface area contributed by atoms with Gasteiger partial charge in [-0.2, -0.15) is 0 Å². The molecule has 1 heterocycles. The summed E-state index contributed by atoms with van der Waals surface area (Å²) in [7, 11) is 8.47. The Balaban J connectivity index is 1.41. The molecule has 0 bridgehead atoms. The van der Waals surface area contributed by atoms with Gasteiger partial charge in [-0.25, -0.2) is 0 Å². The Kier molecular flexibility index (Phi) is 4.55. The summed E-state index contributed by atoms with van der Waals surface area (Å²) in [5.41, 5.74) is 2.34. The molecule has 4 atom stereocenters. The fourth-order valence-corrected chi connectivity index (χ4v) is 5.35. The van der Waals surface area contributed by atoms with Crippen LogP contribution in [0.1, 0.15) is 31.2 Å². The number of likely N-dealkylation sites (N-methyl/N-ethyl adjacent to an activating group) is 1. The van der Waals surface area contributed by atoms with Crippen molar-refractivity contribution in [2.45, 2.75) is 44.2 Å². The van der Waals surface area contributed by atoms with Crippen LogP contribution in [-0.4, -0.2) is 53.5 Å². The monoisotopic (exact) mass is 353 g/mol. The van der Waals surface area contributed by atoms with Gasteiger partial charge in [0.2, 0.25) is 5.91 Å². The number of benzene rings is 1. The van der Waals surface area contributed by atoms with E-state index in [1.807, 2.05) is 11.9 Å².